The molecule has 0 aromatic heterocycles. The van der Waals surface area contributed by atoms with Gasteiger partial charge in [-0.1, -0.05) is 28.1 Å². The molecule has 15 heavy (non-hydrogen) atoms. The quantitative estimate of drug-likeness (QED) is 0.609. The van der Waals surface area contributed by atoms with Crippen molar-refractivity contribution in [1.82, 2.24) is 0 Å². The SMILES string of the molecule is Fc1cccc(CBr)c1OCC(F)(F)F. The van der Waals surface area contributed by atoms with Crippen LogP contribution in [-0.2, 0) is 5.33 Å². The molecule has 84 valence electrons. The maximum atomic E-state index is 13.1. The van der Waals surface area contributed by atoms with Gasteiger partial charge < -0.3 is 4.74 Å². The van der Waals surface area contributed by atoms with Crippen LogP contribution < -0.4 is 4.74 Å². The Hall–Kier alpha value is -0.780. The molecule has 0 fully saturated rings. The standard InChI is InChI=1S/C9H7BrF4O/c10-4-6-2-1-3-7(11)8(6)15-5-9(12,13)14/h1-3H,4-5H2. The van der Waals surface area contributed by atoms with Crippen LogP contribution in [0.25, 0.3) is 0 Å². The molecule has 1 aromatic rings. The second kappa shape index (κ2) is 4.83. The third-order valence-corrected chi connectivity index (χ3v) is 2.18. The number of halogens is 5. The highest BCUT2D eigenvalue weighted by molar-refractivity contribution is 9.08. The Balaban J connectivity index is 2.83. The van der Waals surface area contributed by atoms with E-state index < -0.39 is 18.6 Å². The van der Waals surface area contributed by atoms with Gasteiger partial charge in [0.15, 0.2) is 18.2 Å². The summed E-state index contributed by atoms with van der Waals surface area (Å²) < 4.78 is 53.0. The Kier molecular flexibility index (Phi) is 3.96. The van der Waals surface area contributed by atoms with Gasteiger partial charge in [0.2, 0.25) is 0 Å². The summed E-state index contributed by atoms with van der Waals surface area (Å²) in [6, 6.07) is 3.95. The van der Waals surface area contributed by atoms with E-state index in [0.29, 0.717) is 5.56 Å². The molecule has 0 atom stereocenters. The Morgan fingerprint density at radius 1 is 1.27 bits per heavy atom. The molecule has 0 N–H and O–H groups in total. The van der Waals surface area contributed by atoms with E-state index in [1.54, 1.807) is 0 Å². The lowest BCUT2D eigenvalue weighted by Gasteiger charge is -2.12. The van der Waals surface area contributed by atoms with E-state index in [0.717, 1.165) is 6.07 Å². The monoisotopic (exact) mass is 286 g/mol. The zero-order valence-corrected chi connectivity index (χ0v) is 9.03. The minimum absolute atomic E-state index is 0.234. The maximum Gasteiger partial charge on any atom is 0.422 e. The van der Waals surface area contributed by atoms with Gasteiger partial charge in [0.05, 0.1) is 0 Å². The minimum atomic E-state index is -4.47. The lowest BCUT2D eigenvalue weighted by atomic mass is 10.2. The first-order valence-electron chi connectivity index (χ1n) is 3.97. The van der Waals surface area contributed by atoms with Gasteiger partial charge in [-0.2, -0.15) is 13.2 Å². The van der Waals surface area contributed by atoms with Crippen molar-refractivity contribution >= 4 is 15.9 Å². The first-order valence-corrected chi connectivity index (χ1v) is 5.09. The first kappa shape index (κ1) is 12.3. The molecule has 0 saturated heterocycles. The molecule has 0 bridgehead atoms. The Bertz CT molecular complexity index is 337. The Morgan fingerprint density at radius 3 is 2.47 bits per heavy atom. The number of para-hydroxylation sites is 1. The third kappa shape index (κ3) is 3.70. The van der Waals surface area contributed by atoms with Crippen molar-refractivity contribution in [2.45, 2.75) is 11.5 Å². The molecule has 6 heteroatoms. The summed E-state index contributed by atoms with van der Waals surface area (Å²) in [4.78, 5) is 0. The fourth-order valence-corrected chi connectivity index (χ4v) is 1.42. The predicted molar refractivity (Wildman–Crippen MR) is 50.6 cm³/mol. The van der Waals surface area contributed by atoms with E-state index >= 15 is 0 Å². The van der Waals surface area contributed by atoms with Gasteiger partial charge in [-0.05, 0) is 6.07 Å². The summed E-state index contributed by atoms with van der Waals surface area (Å²) in [6.45, 7) is -1.49. The summed E-state index contributed by atoms with van der Waals surface area (Å²) in [5.41, 5.74) is 0.347. The van der Waals surface area contributed by atoms with Gasteiger partial charge in [0, 0.05) is 10.9 Å². The Labute approximate surface area is 92.2 Å². The van der Waals surface area contributed by atoms with Crippen molar-refractivity contribution in [3.8, 4) is 5.75 Å². The number of ether oxygens (including phenoxy) is 1. The molecule has 0 spiro atoms. The maximum absolute atomic E-state index is 13.1. The average Bonchev–Trinajstić information content (AvgIpc) is 2.14. The second-order valence-corrected chi connectivity index (χ2v) is 3.33. The van der Waals surface area contributed by atoms with Crippen LogP contribution in [0.2, 0.25) is 0 Å². The van der Waals surface area contributed by atoms with Gasteiger partial charge >= 0.3 is 6.18 Å². The molecule has 1 nitrogen and oxygen atoms in total. The molecule has 1 aromatic carbocycles. The normalized spacial score (nSPS) is 11.5. The lowest BCUT2D eigenvalue weighted by Crippen LogP contribution is -2.20. The van der Waals surface area contributed by atoms with Crippen LogP contribution in [0.5, 0.6) is 5.75 Å². The number of alkyl halides is 4. The van der Waals surface area contributed by atoms with Crippen molar-refractivity contribution in [2.75, 3.05) is 6.61 Å². The van der Waals surface area contributed by atoms with Gasteiger partial charge in [-0.3, -0.25) is 0 Å². The highest BCUT2D eigenvalue weighted by Gasteiger charge is 2.29. The zero-order chi connectivity index (χ0) is 11.5. The number of hydrogen-bond acceptors (Lipinski definition) is 1. The Morgan fingerprint density at radius 2 is 1.93 bits per heavy atom. The van der Waals surface area contributed by atoms with E-state index in [-0.39, 0.29) is 11.1 Å². The average molecular weight is 287 g/mol. The van der Waals surface area contributed by atoms with Crippen molar-refractivity contribution in [3.63, 3.8) is 0 Å². The van der Waals surface area contributed by atoms with E-state index in [4.69, 9.17) is 0 Å². The largest absolute Gasteiger partial charge is 0.481 e. The molecule has 0 aliphatic heterocycles. The molecule has 0 unspecified atom stereocenters. The number of rotatable bonds is 3. The molecule has 1 rings (SSSR count). The van der Waals surface area contributed by atoms with Crippen molar-refractivity contribution in [1.29, 1.82) is 0 Å². The summed E-state index contributed by atoms with van der Waals surface area (Å²) in [7, 11) is 0. The third-order valence-electron chi connectivity index (χ3n) is 1.57. The molecule has 0 saturated carbocycles. The summed E-state index contributed by atoms with van der Waals surface area (Å²) in [5.74, 6) is -1.15. The number of hydrogen-bond donors (Lipinski definition) is 0. The van der Waals surface area contributed by atoms with Crippen molar-refractivity contribution in [3.05, 3.63) is 29.6 Å². The van der Waals surface area contributed by atoms with Crippen LogP contribution >= 0.6 is 15.9 Å². The van der Waals surface area contributed by atoms with Crippen LogP contribution in [0.1, 0.15) is 5.56 Å². The fraction of sp³-hybridized carbons (Fsp3) is 0.333. The highest BCUT2D eigenvalue weighted by Crippen LogP contribution is 2.26. The molecular formula is C9H7BrF4O. The van der Waals surface area contributed by atoms with Crippen LogP contribution in [0, 0.1) is 5.82 Å². The molecule has 0 aliphatic rings. The first-order chi connectivity index (χ1) is 6.94. The van der Waals surface area contributed by atoms with Crippen molar-refractivity contribution < 1.29 is 22.3 Å². The molecule has 0 aliphatic carbocycles. The van der Waals surface area contributed by atoms with Gasteiger partial charge in [-0.15, -0.1) is 0 Å². The summed E-state index contributed by atoms with van der Waals surface area (Å²) in [5, 5.41) is 0.234. The summed E-state index contributed by atoms with van der Waals surface area (Å²) >= 11 is 3.04. The smallest absolute Gasteiger partial charge is 0.422 e. The van der Waals surface area contributed by atoms with Crippen LogP contribution in [-0.4, -0.2) is 12.8 Å². The van der Waals surface area contributed by atoms with E-state index in [1.807, 2.05) is 0 Å². The van der Waals surface area contributed by atoms with E-state index in [1.165, 1.54) is 12.1 Å². The minimum Gasteiger partial charge on any atom is -0.481 e. The summed E-state index contributed by atoms with van der Waals surface area (Å²) in [6.07, 6.45) is -4.47. The van der Waals surface area contributed by atoms with E-state index in [9.17, 15) is 17.6 Å². The molecular weight excluding hydrogens is 280 g/mol. The fourth-order valence-electron chi connectivity index (χ4n) is 0.974. The van der Waals surface area contributed by atoms with E-state index in [2.05, 4.69) is 20.7 Å². The van der Waals surface area contributed by atoms with Gasteiger partial charge in [0.25, 0.3) is 0 Å². The number of benzene rings is 1. The van der Waals surface area contributed by atoms with Crippen LogP contribution in [0.15, 0.2) is 18.2 Å². The van der Waals surface area contributed by atoms with Crippen LogP contribution in [0.3, 0.4) is 0 Å². The van der Waals surface area contributed by atoms with Crippen molar-refractivity contribution in [2.24, 2.45) is 0 Å². The van der Waals surface area contributed by atoms with Gasteiger partial charge in [-0.25, -0.2) is 4.39 Å². The molecule has 0 amide bonds. The molecule has 0 heterocycles. The predicted octanol–water partition coefficient (Wildman–Crippen LogP) is 3.66. The topological polar surface area (TPSA) is 9.23 Å². The van der Waals surface area contributed by atoms with Gasteiger partial charge in [0.1, 0.15) is 0 Å². The second-order valence-electron chi connectivity index (χ2n) is 2.77. The lowest BCUT2D eigenvalue weighted by molar-refractivity contribution is -0.153. The van der Waals surface area contributed by atoms with Crippen LogP contribution in [0.4, 0.5) is 17.6 Å². The zero-order valence-electron chi connectivity index (χ0n) is 7.44. The molecule has 0 radical (unpaired) electrons. The highest BCUT2D eigenvalue weighted by atomic mass is 79.9.